The Hall–Kier alpha value is -1.16. The van der Waals surface area contributed by atoms with Gasteiger partial charge in [0.25, 0.3) is 0 Å². The summed E-state index contributed by atoms with van der Waals surface area (Å²) >= 11 is 0. The molecule has 1 aromatic heterocycles. The van der Waals surface area contributed by atoms with Gasteiger partial charge in [-0.3, -0.25) is 0 Å². The van der Waals surface area contributed by atoms with Gasteiger partial charge in [-0.1, -0.05) is 20.8 Å². The van der Waals surface area contributed by atoms with Crippen LogP contribution in [0.1, 0.15) is 32.9 Å². The lowest BCUT2D eigenvalue weighted by atomic mass is 9.81. The third kappa shape index (κ3) is 3.19. The number of aryl methyl sites for hydroxylation is 1. The first-order valence-corrected chi connectivity index (χ1v) is 6.61. The first kappa shape index (κ1) is 13.3. The van der Waals surface area contributed by atoms with Gasteiger partial charge in [0.2, 0.25) is 0 Å². The van der Waals surface area contributed by atoms with Crippen molar-refractivity contribution < 1.29 is 4.74 Å². The Labute approximate surface area is 109 Å². The zero-order chi connectivity index (χ0) is 13.2. The van der Waals surface area contributed by atoms with Crippen LogP contribution in [0, 0.1) is 18.3 Å². The van der Waals surface area contributed by atoms with E-state index in [2.05, 4.69) is 36.1 Å². The fourth-order valence-corrected chi connectivity index (χ4v) is 2.59. The highest BCUT2D eigenvalue weighted by atomic mass is 16.5. The first-order valence-electron chi connectivity index (χ1n) is 6.61. The Kier molecular flexibility index (Phi) is 3.85. The Morgan fingerprint density at radius 2 is 2.17 bits per heavy atom. The number of aromatic nitrogens is 2. The van der Waals surface area contributed by atoms with Crippen LogP contribution < -0.4 is 5.32 Å². The number of ether oxygens (including phenoxy) is 1. The van der Waals surface area contributed by atoms with Gasteiger partial charge in [0.1, 0.15) is 12.1 Å². The minimum Gasteiger partial charge on any atom is -0.377 e. The summed E-state index contributed by atoms with van der Waals surface area (Å²) in [6.45, 7) is 10.5. The highest BCUT2D eigenvalue weighted by Gasteiger charge is 2.36. The molecule has 1 saturated heterocycles. The monoisotopic (exact) mass is 249 g/mol. The van der Waals surface area contributed by atoms with E-state index in [9.17, 15) is 0 Å². The minimum atomic E-state index is 0.199. The maximum atomic E-state index is 5.87. The van der Waals surface area contributed by atoms with E-state index in [1.165, 1.54) is 0 Å². The summed E-state index contributed by atoms with van der Waals surface area (Å²) < 4.78 is 5.87. The molecule has 2 rings (SSSR count). The SMILES string of the molecule is Cc1cc(NC[C@H]2CCO[C@@H]2C(C)(C)C)ncn1. The summed E-state index contributed by atoms with van der Waals surface area (Å²) in [7, 11) is 0. The standard InChI is InChI=1S/C14H23N3O/c1-10-7-12(17-9-16-10)15-8-11-5-6-18-13(11)14(2,3)4/h7,9,11,13H,5-6,8H2,1-4H3,(H,15,16,17)/t11-,13+/m1/s1. The molecule has 2 atom stereocenters. The molecule has 2 heterocycles. The summed E-state index contributed by atoms with van der Waals surface area (Å²) in [4.78, 5) is 8.32. The van der Waals surface area contributed by atoms with Crippen LogP contribution in [0.4, 0.5) is 5.82 Å². The zero-order valence-corrected chi connectivity index (χ0v) is 11.7. The maximum Gasteiger partial charge on any atom is 0.129 e. The van der Waals surface area contributed by atoms with Gasteiger partial charge in [0.05, 0.1) is 6.10 Å². The molecule has 1 N–H and O–H groups in total. The first-order chi connectivity index (χ1) is 8.47. The summed E-state index contributed by atoms with van der Waals surface area (Å²) in [6.07, 6.45) is 3.05. The number of nitrogens with zero attached hydrogens (tertiary/aromatic N) is 2. The van der Waals surface area contributed by atoms with Crippen molar-refractivity contribution in [3.8, 4) is 0 Å². The maximum absolute atomic E-state index is 5.87. The van der Waals surface area contributed by atoms with Crippen LogP contribution in [0.15, 0.2) is 12.4 Å². The second-order valence-electron chi connectivity index (χ2n) is 6.13. The molecule has 0 amide bonds. The summed E-state index contributed by atoms with van der Waals surface area (Å²) in [5.74, 6) is 1.46. The summed E-state index contributed by atoms with van der Waals surface area (Å²) in [6, 6.07) is 1.97. The second-order valence-corrected chi connectivity index (χ2v) is 6.13. The van der Waals surface area contributed by atoms with E-state index in [-0.39, 0.29) is 5.41 Å². The molecule has 0 spiro atoms. The average molecular weight is 249 g/mol. The van der Waals surface area contributed by atoms with E-state index in [1.54, 1.807) is 6.33 Å². The molecule has 0 saturated carbocycles. The molecule has 4 nitrogen and oxygen atoms in total. The van der Waals surface area contributed by atoms with E-state index >= 15 is 0 Å². The van der Waals surface area contributed by atoms with E-state index in [4.69, 9.17) is 4.74 Å². The van der Waals surface area contributed by atoms with Gasteiger partial charge in [-0.2, -0.15) is 0 Å². The lowest BCUT2D eigenvalue weighted by Gasteiger charge is -2.31. The zero-order valence-electron chi connectivity index (χ0n) is 11.7. The smallest absolute Gasteiger partial charge is 0.129 e. The molecule has 1 aliphatic rings. The topological polar surface area (TPSA) is 47.0 Å². The Bertz CT molecular complexity index is 400. The number of anilines is 1. The summed E-state index contributed by atoms with van der Waals surface area (Å²) in [5.41, 5.74) is 1.19. The molecule has 0 unspecified atom stereocenters. The Morgan fingerprint density at radius 1 is 1.39 bits per heavy atom. The van der Waals surface area contributed by atoms with Gasteiger partial charge in [-0.25, -0.2) is 9.97 Å². The van der Waals surface area contributed by atoms with Gasteiger partial charge >= 0.3 is 0 Å². The van der Waals surface area contributed by atoms with Gasteiger partial charge in [-0.15, -0.1) is 0 Å². The van der Waals surface area contributed by atoms with Crippen molar-refractivity contribution in [2.45, 2.75) is 40.2 Å². The van der Waals surface area contributed by atoms with Crippen LogP contribution in [-0.2, 0) is 4.74 Å². The number of hydrogen-bond acceptors (Lipinski definition) is 4. The minimum absolute atomic E-state index is 0.199. The Balaban J connectivity index is 1.94. The fraction of sp³-hybridized carbons (Fsp3) is 0.714. The van der Waals surface area contributed by atoms with Crippen molar-refractivity contribution >= 4 is 5.82 Å². The van der Waals surface area contributed by atoms with Crippen LogP contribution >= 0.6 is 0 Å². The van der Waals surface area contributed by atoms with Crippen molar-refractivity contribution in [2.75, 3.05) is 18.5 Å². The van der Waals surface area contributed by atoms with Crippen molar-refractivity contribution in [1.29, 1.82) is 0 Å². The molecule has 0 radical (unpaired) electrons. The highest BCUT2D eigenvalue weighted by molar-refractivity contribution is 5.34. The van der Waals surface area contributed by atoms with Crippen LogP contribution in [0.25, 0.3) is 0 Å². The predicted molar refractivity (Wildman–Crippen MR) is 72.6 cm³/mol. The molecule has 18 heavy (non-hydrogen) atoms. The van der Waals surface area contributed by atoms with Gasteiger partial charge < -0.3 is 10.1 Å². The van der Waals surface area contributed by atoms with Crippen molar-refractivity contribution in [2.24, 2.45) is 11.3 Å². The van der Waals surface area contributed by atoms with E-state index < -0.39 is 0 Å². The number of hydrogen-bond donors (Lipinski definition) is 1. The third-order valence-electron chi connectivity index (χ3n) is 3.42. The molecule has 1 fully saturated rings. The normalized spacial score (nSPS) is 24.2. The fourth-order valence-electron chi connectivity index (χ4n) is 2.59. The van der Waals surface area contributed by atoms with Crippen molar-refractivity contribution in [3.63, 3.8) is 0 Å². The molecule has 100 valence electrons. The van der Waals surface area contributed by atoms with Crippen LogP contribution in [0.3, 0.4) is 0 Å². The molecule has 1 aromatic rings. The predicted octanol–water partition coefficient (Wildman–Crippen LogP) is 2.65. The molecule has 0 aliphatic carbocycles. The molecule has 1 aliphatic heterocycles. The van der Waals surface area contributed by atoms with Gasteiger partial charge in [0, 0.05) is 30.8 Å². The molecule has 4 heteroatoms. The average Bonchev–Trinajstić information content (AvgIpc) is 2.74. The Morgan fingerprint density at radius 3 is 2.83 bits per heavy atom. The second kappa shape index (κ2) is 5.22. The van der Waals surface area contributed by atoms with Gasteiger partial charge in [0.15, 0.2) is 0 Å². The van der Waals surface area contributed by atoms with Crippen LogP contribution in [-0.4, -0.2) is 29.2 Å². The largest absolute Gasteiger partial charge is 0.377 e. The molecular formula is C14H23N3O. The lowest BCUT2D eigenvalue weighted by Crippen LogP contribution is -2.34. The summed E-state index contributed by atoms with van der Waals surface area (Å²) in [5, 5.41) is 3.40. The number of nitrogens with one attached hydrogen (secondary N) is 1. The van der Waals surface area contributed by atoms with E-state index in [0.29, 0.717) is 12.0 Å². The van der Waals surface area contributed by atoms with Crippen molar-refractivity contribution in [3.05, 3.63) is 18.1 Å². The molecule has 0 aromatic carbocycles. The lowest BCUT2D eigenvalue weighted by molar-refractivity contribution is 0.00956. The molecule has 0 bridgehead atoms. The van der Waals surface area contributed by atoms with Crippen molar-refractivity contribution in [1.82, 2.24) is 9.97 Å². The quantitative estimate of drug-likeness (QED) is 0.894. The van der Waals surface area contributed by atoms with Crippen LogP contribution in [0.2, 0.25) is 0 Å². The van der Waals surface area contributed by atoms with E-state index in [0.717, 1.165) is 31.1 Å². The van der Waals surface area contributed by atoms with Crippen LogP contribution in [0.5, 0.6) is 0 Å². The third-order valence-corrected chi connectivity index (χ3v) is 3.42. The number of rotatable bonds is 3. The molecular weight excluding hydrogens is 226 g/mol. The van der Waals surface area contributed by atoms with Gasteiger partial charge in [-0.05, 0) is 18.8 Å². The van der Waals surface area contributed by atoms with E-state index in [1.807, 2.05) is 13.0 Å². The highest BCUT2D eigenvalue weighted by Crippen LogP contribution is 2.34.